The van der Waals surface area contributed by atoms with Crippen LogP contribution in [0, 0.1) is 11.9 Å². The van der Waals surface area contributed by atoms with Gasteiger partial charge in [-0.2, -0.15) is 0 Å². The molecule has 0 fully saturated rings. The summed E-state index contributed by atoms with van der Waals surface area (Å²) in [6, 6.07) is 11.3. The summed E-state index contributed by atoms with van der Waals surface area (Å²) in [7, 11) is 0. The van der Waals surface area contributed by atoms with Crippen LogP contribution in [0.5, 0.6) is 0 Å². The van der Waals surface area contributed by atoms with Crippen molar-refractivity contribution in [1.29, 1.82) is 0 Å². The second-order valence-corrected chi connectivity index (χ2v) is 2.91. The van der Waals surface area contributed by atoms with Crippen LogP contribution in [0.4, 0.5) is 4.39 Å². The molecule has 0 unspecified atom stereocenters. The van der Waals surface area contributed by atoms with E-state index in [1.54, 1.807) is 12.1 Å². The monoisotopic (exact) mass is 174 g/mol. The lowest BCUT2D eigenvalue weighted by atomic mass is 10.2. The molecule has 0 aliphatic carbocycles. The third-order valence-electron chi connectivity index (χ3n) is 1.88. The lowest BCUT2D eigenvalue weighted by Crippen LogP contribution is -1.95. The average Bonchev–Trinajstić information content (AvgIpc) is 2.62. The second kappa shape index (κ2) is 3.44. The Labute approximate surface area is 76.4 Å². The van der Waals surface area contributed by atoms with E-state index < -0.39 is 0 Å². The number of nitrogens with zero attached hydrogens (tertiary/aromatic N) is 1. The van der Waals surface area contributed by atoms with Gasteiger partial charge >= 0.3 is 0 Å². The molecule has 1 radical (unpaired) electrons. The van der Waals surface area contributed by atoms with Crippen LogP contribution >= 0.6 is 0 Å². The Morgan fingerprint density at radius 2 is 2.00 bits per heavy atom. The van der Waals surface area contributed by atoms with E-state index in [-0.39, 0.29) is 5.82 Å². The number of hydrogen-bond acceptors (Lipinski definition) is 0. The number of aromatic nitrogens is 1. The third-order valence-corrected chi connectivity index (χ3v) is 1.88. The Morgan fingerprint density at radius 1 is 1.23 bits per heavy atom. The van der Waals surface area contributed by atoms with Crippen molar-refractivity contribution < 1.29 is 4.39 Å². The minimum atomic E-state index is -0.192. The van der Waals surface area contributed by atoms with E-state index in [0.29, 0.717) is 0 Å². The first-order valence-electron chi connectivity index (χ1n) is 4.11. The number of benzene rings is 1. The van der Waals surface area contributed by atoms with Crippen LogP contribution in [-0.4, -0.2) is 4.57 Å². The van der Waals surface area contributed by atoms with Crippen LogP contribution in [0.1, 0.15) is 5.56 Å². The molecule has 0 spiro atoms. The molecular formula is C11H9FN. The van der Waals surface area contributed by atoms with Gasteiger partial charge in [0.05, 0.1) is 0 Å². The highest BCUT2D eigenvalue weighted by Crippen LogP contribution is 2.04. The fourth-order valence-electron chi connectivity index (χ4n) is 1.22. The van der Waals surface area contributed by atoms with E-state index in [0.717, 1.165) is 12.1 Å². The summed E-state index contributed by atoms with van der Waals surface area (Å²) < 4.78 is 14.5. The fraction of sp³-hybridized carbons (Fsp3) is 0.0909. The van der Waals surface area contributed by atoms with Crippen molar-refractivity contribution in [3.8, 4) is 0 Å². The predicted molar refractivity (Wildman–Crippen MR) is 48.8 cm³/mol. The SMILES string of the molecule is Fc1ccc(Cn2c[c]cc2)cc1. The molecule has 2 rings (SSSR count). The topological polar surface area (TPSA) is 4.93 Å². The van der Waals surface area contributed by atoms with Crippen molar-refractivity contribution in [2.45, 2.75) is 6.54 Å². The van der Waals surface area contributed by atoms with Crippen LogP contribution < -0.4 is 0 Å². The molecular weight excluding hydrogens is 165 g/mol. The van der Waals surface area contributed by atoms with Crippen molar-refractivity contribution in [3.63, 3.8) is 0 Å². The van der Waals surface area contributed by atoms with Gasteiger partial charge in [-0.3, -0.25) is 0 Å². The summed E-state index contributed by atoms with van der Waals surface area (Å²) in [5, 5.41) is 0. The second-order valence-electron chi connectivity index (χ2n) is 2.91. The van der Waals surface area contributed by atoms with E-state index in [4.69, 9.17) is 0 Å². The summed E-state index contributed by atoms with van der Waals surface area (Å²) in [5.74, 6) is -0.192. The summed E-state index contributed by atoms with van der Waals surface area (Å²) in [6.45, 7) is 0.768. The molecule has 13 heavy (non-hydrogen) atoms. The molecule has 0 saturated carbocycles. The molecule has 0 saturated heterocycles. The quantitative estimate of drug-likeness (QED) is 0.659. The zero-order valence-corrected chi connectivity index (χ0v) is 7.07. The van der Waals surface area contributed by atoms with Crippen LogP contribution in [0.15, 0.2) is 42.7 Å². The van der Waals surface area contributed by atoms with Gasteiger partial charge in [0.25, 0.3) is 0 Å². The van der Waals surface area contributed by atoms with Crippen LogP contribution in [-0.2, 0) is 6.54 Å². The molecule has 0 aliphatic rings. The Hall–Kier alpha value is -1.57. The number of halogens is 1. The molecule has 65 valence electrons. The van der Waals surface area contributed by atoms with Crippen molar-refractivity contribution in [1.82, 2.24) is 4.57 Å². The summed E-state index contributed by atoms with van der Waals surface area (Å²) in [5.41, 5.74) is 1.09. The van der Waals surface area contributed by atoms with Crippen LogP contribution in [0.25, 0.3) is 0 Å². The van der Waals surface area contributed by atoms with Gasteiger partial charge in [0.15, 0.2) is 0 Å². The van der Waals surface area contributed by atoms with E-state index in [1.165, 1.54) is 12.1 Å². The fourth-order valence-corrected chi connectivity index (χ4v) is 1.22. The van der Waals surface area contributed by atoms with E-state index in [2.05, 4.69) is 6.07 Å². The summed E-state index contributed by atoms with van der Waals surface area (Å²) >= 11 is 0. The molecule has 1 heterocycles. The first-order valence-corrected chi connectivity index (χ1v) is 4.11. The van der Waals surface area contributed by atoms with Gasteiger partial charge in [-0.15, -0.1) is 0 Å². The largest absolute Gasteiger partial charge is 0.349 e. The van der Waals surface area contributed by atoms with Crippen molar-refractivity contribution >= 4 is 0 Å². The van der Waals surface area contributed by atoms with E-state index in [9.17, 15) is 4.39 Å². The third kappa shape index (κ3) is 1.96. The van der Waals surface area contributed by atoms with Gasteiger partial charge in [-0.05, 0) is 23.8 Å². The summed E-state index contributed by atoms with van der Waals surface area (Å²) in [6.07, 6.45) is 3.80. The minimum Gasteiger partial charge on any atom is -0.349 e. The number of hydrogen-bond donors (Lipinski definition) is 0. The maximum atomic E-state index is 12.6. The zero-order valence-electron chi connectivity index (χ0n) is 7.07. The van der Waals surface area contributed by atoms with E-state index >= 15 is 0 Å². The van der Waals surface area contributed by atoms with E-state index in [1.807, 2.05) is 23.0 Å². The lowest BCUT2D eigenvalue weighted by molar-refractivity contribution is 0.626. The Kier molecular flexibility index (Phi) is 2.13. The Bertz CT molecular complexity index is 361. The maximum Gasteiger partial charge on any atom is 0.123 e. The van der Waals surface area contributed by atoms with Crippen LogP contribution in [0.3, 0.4) is 0 Å². The van der Waals surface area contributed by atoms with Crippen molar-refractivity contribution in [2.75, 3.05) is 0 Å². The van der Waals surface area contributed by atoms with Gasteiger partial charge in [0, 0.05) is 25.0 Å². The van der Waals surface area contributed by atoms with Gasteiger partial charge in [0.1, 0.15) is 5.82 Å². The summed E-state index contributed by atoms with van der Waals surface area (Å²) in [4.78, 5) is 0. The maximum absolute atomic E-state index is 12.6. The molecule has 1 nitrogen and oxygen atoms in total. The molecule has 0 amide bonds. The van der Waals surface area contributed by atoms with Gasteiger partial charge < -0.3 is 4.57 Å². The Balaban J connectivity index is 2.15. The van der Waals surface area contributed by atoms with Gasteiger partial charge in [-0.1, -0.05) is 12.1 Å². The van der Waals surface area contributed by atoms with Crippen molar-refractivity contribution in [3.05, 3.63) is 60.2 Å². The molecule has 2 heteroatoms. The highest BCUT2D eigenvalue weighted by molar-refractivity contribution is 5.16. The first kappa shape index (κ1) is 8.05. The predicted octanol–water partition coefficient (Wildman–Crippen LogP) is 2.48. The van der Waals surface area contributed by atoms with Crippen LogP contribution in [0.2, 0.25) is 0 Å². The highest BCUT2D eigenvalue weighted by Gasteiger charge is 1.93. The Morgan fingerprint density at radius 3 is 2.62 bits per heavy atom. The smallest absolute Gasteiger partial charge is 0.123 e. The molecule has 0 bridgehead atoms. The normalized spacial score (nSPS) is 10.2. The minimum absolute atomic E-state index is 0.192. The molecule has 0 aliphatic heterocycles. The van der Waals surface area contributed by atoms with Crippen molar-refractivity contribution in [2.24, 2.45) is 0 Å². The molecule has 0 N–H and O–H groups in total. The highest BCUT2D eigenvalue weighted by atomic mass is 19.1. The number of rotatable bonds is 2. The molecule has 2 aromatic rings. The molecule has 0 atom stereocenters. The lowest BCUT2D eigenvalue weighted by Gasteiger charge is -2.01. The average molecular weight is 174 g/mol. The first-order chi connectivity index (χ1) is 6.34. The van der Waals surface area contributed by atoms with Gasteiger partial charge in [0.2, 0.25) is 0 Å². The molecule has 1 aromatic carbocycles. The zero-order chi connectivity index (χ0) is 9.10. The molecule has 1 aromatic heterocycles. The standard InChI is InChI=1S/C11H9FN/c12-11-5-3-10(4-6-11)9-13-7-1-2-8-13/h1,3-8H,9H2. The van der Waals surface area contributed by atoms with Gasteiger partial charge in [-0.25, -0.2) is 4.39 Å².